The van der Waals surface area contributed by atoms with Crippen molar-refractivity contribution in [3.8, 4) is 12.1 Å². The summed E-state index contributed by atoms with van der Waals surface area (Å²) in [4.78, 5) is 0. The molecule has 20 heavy (non-hydrogen) atoms. The van der Waals surface area contributed by atoms with E-state index < -0.39 is 0 Å². The fourth-order valence-electron chi connectivity index (χ4n) is 3.28. The number of hydrogen-bond acceptors (Lipinski definition) is 3. The Hall–Kier alpha value is -1.84. The normalized spacial score (nSPS) is 30.0. The molecule has 0 bridgehead atoms. The molecule has 1 saturated carbocycles. The predicted octanol–water partition coefficient (Wildman–Crippen LogP) is 3.00. The first-order valence-corrected chi connectivity index (χ1v) is 7.30. The maximum absolute atomic E-state index is 9.50. The van der Waals surface area contributed by atoms with Crippen LogP contribution in [-0.4, -0.2) is 6.04 Å². The average Bonchev–Trinajstić information content (AvgIpc) is 2.59. The third-order valence-electron chi connectivity index (χ3n) is 4.57. The average molecular weight is 267 g/mol. The van der Waals surface area contributed by atoms with Crippen LogP contribution < -0.4 is 5.73 Å². The van der Waals surface area contributed by atoms with Crippen LogP contribution in [0.4, 0.5) is 0 Å². The van der Waals surface area contributed by atoms with Gasteiger partial charge in [0.2, 0.25) is 0 Å². The van der Waals surface area contributed by atoms with Crippen molar-refractivity contribution in [1.29, 1.82) is 10.5 Å². The molecule has 3 nitrogen and oxygen atoms in total. The highest BCUT2D eigenvalue weighted by molar-refractivity contribution is 5.33. The second kappa shape index (κ2) is 6.55. The van der Waals surface area contributed by atoms with Gasteiger partial charge in [-0.2, -0.15) is 10.5 Å². The molecule has 0 heterocycles. The fraction of sp³-hybridized carbons (Fsp3) is 0.529. The molecule has 0 aromatic heterocycles. The van der Waals surface area contributed by atoms with E-state index in [4.69, 9.17) is 11.0 Å². The minimum absolute atomic E-state index is 0.0123. The lowest BCUT2D eigenvalue weighted by Gasteiger charge is -2.26. The summed E-state index contributed by atoms with van der Waals surface area (Å²) < 4.78 is 0. The second-order valence-electron chi connectivity index (χ2n) is 5.89. The van der Waals surface area contributed by atoms with Gasteiger partial charge in [-0.15, -0.1) is 0 Å². The Labute approximate surface area is 121 Å². The van der Waals surface area contributed by atoms with Gasteiger partial charge in [0.1, 0.15) is 0 Å². The Morgan fingerprint density at radius 1 is 1.30 bits per heavy atom. The molecule has 104 valence electrons. The zero-order chi connectivity index (χ0) is 14.5. The summed E-state index contributed by atoms with van der Waals surface area (Å²) in [7, 11) is 0. The number of rotatable bonds is 2. The van der Waals surface area contributed by atoms with Gasteiger partial charge in [0.25, 0.3) is 0 Å². The third kappa shape index (κ3) is 3.18. The number of nitriles is 2. The smallest absolute Gasteiger partial charge is 0.0991 e. The van der Waals surface area contributed by atoms with Crippen molar-refractivity contribution >= 4 is 0 Å². The summed E-state index contributed by atoms with van der Waals surface area (Å²) in [6.07, 6.45) is 4.01. The maximum atomic E-state index is 9.50. The Balaban J connectivity index is 2.18. The van der Waals surface area contributed by atoms with E-state index in [0.717, 1.165) is 31.2 Å². The minimum atomic E-state index is 0.0123. The van der Waals surface area contributed by atoms with Gasteiger partial charge in [0, 0.05) is 6.04 Å². The van der Waals surface area contributed by atoms with E-state index >= 15 is 0 Å². The monoisotopic (exact) mass is 267 g/mol. The third-order valence-corrected chi connectivity index (χ3v) is 4.57. The lowest BCUT2D eigenvalue weighted by Crippen LogP contribution is -2.33. The largest absolute Gasteiger partial charge is 0.327 e. The van der Waals surface area contributed by atoms with E-state index in [1.807, 2.05) is 24.3 Å². The molecule has 0 aliphatic heterocycles. The van der Waals surface area contributed by atoms with Crippen molar-refractivity contribution in [3.63, 3.8) is 0 Å². The van der Waals surface area contributed by atoms with Crippen molar-refractivity contribution < 1.29 is 0 Å². The fourth-order valence-corrected chi connectivity index (χ4v) is 3.28. The van der Waals surface area contributed by atoms with Crippen LogP contribution >= 0.6 is 0 Å². The van der Waals surface area contributed by atoms with Gasteiger partial charge < -0.3 is 5.73 Å². The highest BCUT2D eigenvalue weighted by Gasteiger charge is 2.33. The van der Waals surface area contributed by atoms with Crippen LogP contribution in [0.25, 0.3) is 0 Å². The van der Waals surface area contributed by atoms with Crippen LogP contribution in [0.15, 0.2) is 24.3 Å². The van der Waals surface area contributed by atoms with Crippen molar-refractivity contribution in [1.82, 2.24) is 0 Å². The molecule has 4 atom stereocenters. The SMILES string of the molecule is CC1C(N)CCCC(Cc2cccc(C#N)c2)C1C#N. The minimum Gasteiger partial charge on any atom is -0.327 e. The highest BCUT2D eigenvalue weighted by atomic mass is 14.7. The Morgan fingerprint density at radius 2 is 2.10 bits per heavy atom. The quantitative estimate of drug-likeness (QED) is 0.837. The first kappa shape index (κ1) is 14.6. The van der Waals surface area contributed by atoms with E-state index in [9.17, 15) is 5.26 Å². The van der Waals surface area contributed by atoms with Crippen molar-refractivity contribution in [2.24, 2.45) is 23.5 Å². The summed E-state index contributed by atoms with van der Waals surface area (Å²) in [5.41, 5.74) is 7.99. The van der Waals surface area contributed by atoms with Crippen molar-refractivity contribution in [2.45, 2.75) is 38.6 Å². The molecule has 1 aromatic rings. The van der Waals surface area contributed by atoms with Gasteiger partial charge >= 0.3 is 0 Å². The molecule has 4 unspecified atom stereocenters. The van der Waals surface area contributed by atoms with Crippen LogP contribution in [0.1, 0.15) is 37.3 Å². The van der Waals surface area contributed by atoms with E-state index in [0.29, 0.717) is 11.5 Å². The number of nitrogens with zero attached hydrogens (tertiary/aromatic N) is 2. The molecule has 2 N–H and O–H groups in total. The molecule has 1 aliphatic carbocycles. The summed E-state index contributed by atoms with van der Waals surface area (Å²) in [6, 6.07) is 12.5. The number of nitrogens with two attached hydrogens (primary N) is 1. The van der Waals surface area contributed by atoms with Crippen LogP contribution in [0.5, 0.6) is 0 Å². The maximum Gasteiger partial charge on any atom is 0.0991 e. The Bertz CT molecular complexity index is 538. The molecular formula is C17H21N3. The van der Waals surface area contributed by atoms with Crippen LogP contribution in [-0.2, 0) is 6.42 Å². The Kier molecular flexibility index (Phi) is 4.77. The van der Waals surface area contributed by atoms with E-state index in [1.54, 1.807) is 0 Å². The summed E-state index contributed by atoms with van der Waals surface area (Å²) in [5, 5.41) is 18.5. The standard InChI is InChI=1S/C17H21N3/c1-12-16(11-19)15(6-3-7-17(12)20)9-13-4-2-5-14(8-13)10-18/h2,4-5,8,12,15-17H,3,6-7,9,20H2,1H3. The van der Waals surface area contributed by atoms with Crippen LogP contribution in [0.2, 0.25) is 0 Å². The summed E-state index contributed by atoms with van der Waals surface area (Å²) >= 11 is 0. The summed E-state index contributed by atoms with van der Waals surface area (Å²) in [5.74, 6) is 0.599. The van der Waals surface area contributed by atoms with Gasteiger partial charge in [0.05, 0.1) is 23.6 Å². The van der Waals surface area contributed by atoms with Gasteiger partial charge in [0.15, 0.2) is 0 Å². The molecule has 0 saturated heterocycles. The van der Waals surface area contributed by atoms with E-state index in [-0.39, 0.29) is 17.9 Å². The first-order valence-electron chi connectivity index (χ1n) is 7.30. The number of hydrogen-bond donors (Lipinski definition) is 1. The number of benzene rings is 1. The van der Waals surface area contributed by atoms with Gasteiger partial charge in [-0.1, -0.05) is 25.5 Å². The molecule has 0 amide bonds. The molecule has 1 aliphatic rings. The Morgan fingerprint density at radius 3 is 2.80 bits per heavy atom. The zero-order valence-corrected chi connectivity index (χ0v) is 11.9. The van der Waals surface area contributed by atoms with Gasteiger partial charge in [-0.3, -0.25) is 0 Å². The molecule has 0 spiro atoms. The molecule has 2 rings (SSSR count). The lowest BCUT2D eigenvalue weighted by molar-refractivity contribution is 0.286. The molecule has 0 radical (unpaired) electrons. The molecular weight excluding hydrogens is 246 g/mol. The van der Waals surface area contributed by atoms with Crippen molar-refractivity contribution in [3.05, 3.63) is 35.4 Å². The summed E-state index contributed by atoms with van der Waals surface area (Å²) in [6.45, 7) is 2.10. The molecule has 3 heteroatoms. The van der Waals surface area contributed by atoms with Crippen molar-refractivity contribution in [2.75, 3.05) is 0 Å². The topological polar surface area (TPSA) is 73.6 Å². The lowest BCUT2D eigenvalue weighted by atomic mass is 9.78. The first-order chi connectivity index (χ1) is 9.65. The van der Waals surface area contributed by atoms with Crippen LogP contribution in [0, 0.1) is 40.4 Å². The second-order valence-corrected chi connectivity index (χ2v) is 5.89. The highest BCUT2D eigenvalue weighted by Crippen LogP contribution is 2.34. The zero-order valence-electron chi connectivity index (χ0n) is 11.9. The van der Waals surface area contributed by atoms with Crippen LogP contribution in [0.3, 0.4) is 0 Å². The van der Waals surface area contributed by atoms with Gasteiger partial charge in [-0.25, -0.2) is 0 Å². The van der Waals surface area contributed by atoms with E-state index in [2.05, 4.69) is 19.1 Å². The van der Waals surface area contributed by atoms with E-state index in [1.165, 1.54) is 0 Å². The predicted molar refractivity (Wildman–Crippen MR) is 78.4 cm³/mol. The molecule has 1 fully saturated rings. The van der Waals surface area contributed by atoms with Gasteiger partial charge in [-0.05, 0) is 48.8 Å². The molecule has 1 aromatic carbocycles.